The van der Waals surface area contributed by atoms with Crippen LogP contribution >= 0.6 is 23.4 Å². The Kier molecular flexibility index (Phi) is 5.30. The number of carbonyl (C=O) groups is 2. The van der Waals surface area contributed by atoms with E-state index in [1.807, 2.05) is 0 Å². The second-order valence-corrected chi connectivity index (χ2v) is 7.25. The van der Waals surface area contributed by atoms with Gasteiger partial charge in [-0.05, 0) is 35.4 Å². The minimum Gasteiger partial charge on any atom is -0.480 e. The Bertz CT molecular complexity index is 782. The smallest absolute Gasteiger partial charge is 0.327 e. The monoisotopic (exact) mass is 379 g/mol. The minimum atomic E-state index is -1.04. The SMILES string of the molecule is O=C(O)[C@@H]1CS[C@@H](c2ccc(F)cc2)N1C(=O)Cc1ccc(Cl)cc1. The Morgan fingerprint density at radius 3 is 2.40 bits per heavy atom. The zero-order chi connectivity index (χ0) is 18.0. The fourth-order valence-electron chi connectivity index (χ4n) is 2.75. The van der Waals surface area contributed by atoms with Crippen molar-refractivity contribution in [1.29, 1.82) is 0 Å². The number of halogens is 2. The molecule has 25 heavy (non-hydrogen) atoms. The third kappa shape index (κ3) is 3.96. The number of benzene rings is 2. The normalized spacial score (nSPS) is 19.8. The number of thioether (sulfide) groups is 1. The van der Waals surface area contributed by atoms with Crippen molar-refractivity contribution in [2.75, 3.05) is 5.75 Å². The van der Waals surface area contributed by atoms with Crippen LogP contribution in [0.25, 0.3) is 0 Å². The Balaban J connectivity index is 1.86. The van der Waals surface area contributed by atoms with E-state index < -0.39 is 17.4 Å². The zero-order valence-electron chi connectivity index (χ0n) is 13.1. The summed E-state index contributed by atoms with van der Waals surface area (Å²) in [6.07, 6.45) is 0.0825. The second kappa shape index (κ2) is 7.45. The molecular formula is C18H15ClFNO3S. The largest absolute Gasteiger partial charge is 0.480 e. The summed E-state index contributed by atoms with van der Waals surface area (Å²) in [6, 6.07) is 11.7. The van der Waals surface area contributed by atoms with E-state index in [9.17, 15) is 19.1 Å². The van der Waals surface area contributed by atoms with Crippen LogP contribution in [0.15, 0.2) is 48.5 Å². The maximum atomic E-state index is 13.2. The van der Waals surface area contributed by atoms with Crippen LogP contribution in [0.4, 0.5) is 4.39 Å². The Morgan fingerprint density at radius 2 is 1.80 bits per heavy atom. The summed E-state index contributed by atoms with van der Waals surface area (Å²) in [6.45, 7) is 0. The van der Waals surface area contributed by atoms with E-state index in [0.29, 0.717) is 16.3 Å². The van der Waals surface area contributed by atoms with Gasteiger partial charge < -0.3 is 10.0 Å². The lowest BCUT2D eigenvalue weighted by Crippen LogP contribution is -2.43. The lowest BCUT2D eigenvalue weighted by molar-refractivity contribution is -0.148. The van der Waals surface area contributed by atoms with E-state index in [4.69, 9.17) is 11.6 Å². The molecule has 1 fully saturated rings. The number of hydrogen-bond donors (Lipinski definition) is 1. The maximum Gasteiger partial charge on any atom is 0.327 e. The van der Waals surface area contributed by atoms with Crippen molar-refractivity contribution in [2.24, 2.45) is 0 Å². The first-order valence-corrected chi connectivity index (χ1v) is 9.04. The molecule has 130 valence electrons. The molecule has 0 unspecified atom stereocenters. The van der Waals surface area contributed by atoms with Crippen molar-refractivity contribution in [3.63, 3.8) is 0 Å². The molecule has 1 aliphatic heterocycles. The van der Waals surface area contributed by atoms with Crippen LogP contribution in [-0.4, -0.2) is 33.7 Å². The summed E-state index contributed by atoms with van der Waals surface area (Å²) in [5.41, 5.74) is 1.47. The predicted molar refractivity (Wildman–Crippen MR) is 95.0 cm³/mol. The van der Waals surface area contributed by atoms with Gasteiger partial charge in [0.15, 0.2) is 0 Å². The molecule has 1 heterocycles. The van der Waals surface area contributed by atoms with Gasteiger partial charge in [-0.1, -0.05) is 35.9 Å². The molecule has 1 N–H and O–H groups in total. The van der Waals surface area contributed by atoms with Gasteiger partial charge in [0.1, 0.15) is 17.2 Å². The number of amides is 1. The molecule has 1 amide bonds. The van der Waals surface area contributed by atoms with E-state index in [-0.39, 0.29) is 18.1 Å². The van der Waals surface area contributed by atoms with Gasteiger partial charge in [0.25, 0.3) is 0 Å². The van der Waals surface area contributed by atoms with Crippen LogP contribution in [0.1, 0.15) is 16.5 Å². The molecule has 0 aliphatic carbocycles. The lowest BCUT2D eigenvalue weighted by atomic mass is 10.1. The highest BCUT2D eigenvalue weighted by molar-refractivity contribution is 7.99. The van der Waals surface area contributed by atoms with Crippen molar-refractivity contribution in [3.8, 4) is 0 Å². The Hall–Kier alpha value is -2.05. The van der Waals surface area contributed by atoms with Crippen LogP contribution in [0.5, 0.6) is 0 Å². The van der Waals surface area contributed by atoms with Gasteiger partial charge in [-0.2, -0.15) is 0 Å². The van der Waals surface area contributed by atoms with Gasteiger partial charge in [-0.3, -0.25) is 4.79 Å². The summed E-state index contributed by atoms with van der Waals surface area (Å²) >= 11 is 7.22. The maximum absolute atomic E-state index is 13.2. The van der Waals surface area contributed by atoms with Gasteiger partial charge in [-0.25, -0.2) is 9.18 Å². The molecule has 2 atom stereocenters. The highest BCUT2D eigenvalue weighted by atomic mass is 35.5. The highest BCUT2D eigenvalue weighted by Gasteiger charge is 2.42. The fraction of sp³-hybridized carbons (Fsp3) is 0.222. The van der Waals surface area contributed by atoms with Crippen molar-refractivity contribution < 1.29 is 19.1 Å². The number of rotatable bonds is 4. The molecular weight excluding hydrogens is 365 g/mol. The van der Waals surface area contributed by atoms with Crippen molar-refractivity contribution in [1.82, 2.24) is 4.90 Å². The van der Waals surface area contributed by atoms with Crippen LogP contribution in [0, 0.1) is 5.82 Å². The highest BCUT2D eigenvalue weighted by Crippen LogP contribution is 2.41. The molecule has 0 spiro atoms. The fourth-order valence-corrected chi connectivity index (χ4v) is 4.32. The third-order valence-corrected chi connectivity index (χ3v) is 5.57. The molecule has 2 aromatic rings. The van der Waals surface area contributed by atoms with Gasteiger partial charge in [0.2, 0.25) is 5.91 Å². The average molecular weight is 380 g/mol. The summed E-state index contributed by atoms with van der Waals surface area (Å²) < 4.78 is 13.2. The quantitative estimate of drug-likeness (QED) is 0.879. The van der Waals surface area contributed by atoms with E-state index in [2.05, 4.69) is 0 Å². The predicted octanol–water partition coefficient (Wildman–Crippen LogP) is 3.75. The van der Waals surface area contributed by atoms with Crippen LogP contribution in [-0.2, 0) is 16.0 Å². The molecule has 4 nitrogen and oxygen atoms in total. The molecule has 1 saturated heterocycles. The minimum absolute atomic E-state index is 0.0825. The van der Waals surface area contributed by atoms with Crippen molar-refractivity contribution >= 4 is 35.2 Å². The van der Waals surface area contributed by atoms with Gasteiger partial charge in [-0.15, -0.1) is 11.8 Å². The first kappa shape index (κ1) is 17.8. The first-order valence-electron chi connectivity index (χ1n) is 7.61. The molecule has 0 saturated carbocycles. The zero-order valence-corrected chi connectivity index (χ0v) is 14.6. The summed E-state index contributed by atoms with van der Waals surface area (Å²) in [7, 11) is 0. The molecule has 3 rings (SSSR count). The number of carbonyl (C=O) groups excluding carboxylic acids is 1. The van der Waals surface area contributed by atoms with E-state index >= 15 is 0 Å². The molecule has 7 heteroatoms. The van der Waals surface area contributed by atoms with Crippen molar-refractivity contribution in [3.05, 3.63) is 70.5 Å². The Labute approximate surface area is 153 Å². The molecule has 1 aliphatic rings. The first-order chi connectivity index (χ1) is 12.0. The average Bonchev–Trinajstić information content (AvgIpc) is 3.03. The van der Waals surface area contributed by atoms with Crippen molar-refractivity contribution in [2.45, 2.75) is 17.8 Å². The van der Waals surface area contributed by atoms with E-state index in [1.54, 1.807) is 36.4 Å². The molecule has 0 aromatic heterocycles. The van der Waals surface area contributed by atoms with Gasteiger partial charge in [0, 0.05) is 10.8 Å². The third-order valence-electron chi connectivity index (χ3n) is 4.00. The summed E-state index contributed by atoms with van der Waals surface area (Å²) in [5, 5.41) is 9.59. The summed E-state index contributed by atoms with van der Waals surface area (Å²) in [4.78, 5) is 25.8. The summed E-state index contributed by atoms with van der Waals surface area (Å²) in [5.74, 6) is -1.40. The van der Waals surface area contributed by atoms with Crippen LogP contribution in [0.2, 0.25) is 5.02 Å². The Morgan fingerprint density at radius 1 is 1.16 bits per heavy atom. The number of carboxylic acids is 1. The lowest BCUT2D eigenvalue weighted by Gasteiger charge is -2.27. The topological polar surface area (TPSA) is 57.6 Å². The number of carboxylic acid groups (broad SMARTS) is 1. The molecule has 0 radical (unpaired) electrons. The van der Waals surface area contributed by atoms with Crippen LogP contribution in [0.3, 0.4) is 0 Å². The van der Waals surface area contributed by atoms with E-state index in [0.717, 1.165) is 5.56 Å². The molecule has 0 bridgehead atoms. The van der Waals surface area contributed by atoms with Crippen LogP contribution < -0.4 is 0 Å². The van der Waals surface area contributed by atoms with E-state index in [1.165, 1.54) is 28.8 Å². The van der Waals surface area contributed by atoms with Gasteiger partial charge >= 0.3 is 5.97 Å². The number of hydrogen-bond acceptors (Lipinski definition) is 3. The second-order valence-electron chi connectivity index (χ2n) is 5.70. The number of nitrogens with zero attached hydrogens (tertiary/aromatic N) is 1. The van der Waals surface area contributed by atoms with Gasteiger partial charge in [0.05, 0.1) is 6.42 Å². The molecule has 2 aromatic carbocycles. The standard InChI is InChI=1S/C18H15ClFNO3S/c19-13-5-1-11(2-6-13)9-16(22)21-15(18(23)24)10-25-17(21)12-3-7-14(20)8-4-12/h1-8,15,17H,9-10H2,(H,23,24)/t15-,17-/m0/s1. The number of aliphatic carboxylic acids is 1.